The second-order valence-corrected chi connectivity index (χ2v) is 3.76. The van der Waals surface area contributed by atoms with Gasteiger partial charge in [-0.2, -0.15) is 0 Å². The van der Waals surface area contributed by atoms with E-state index < -0.39 is 5.97 Å². The molecule has 8 nitrogen and oxygen atoms in total. The summed E-state index contributed by atoms with van der Waals surface area (Å²) in [7, 11) is 0. The van der Waals surface area contributed by atoms with E-state index in [1.54, 1.807) is 12.1 Å². The Hall–Kier alpha value is -2.77. The SMILES string of the molecule is O=C(CCn1cnnn1)Nc1cccc(C(=O)O)c1. The van der Waals surface area contributed by atoms with E-state index in [9.17, 15) is 9.59 Å². The lowest BCUT2D eigenvalue weighted by atomic mass is 10.2. The van der Waals surface area contributed by atoms with Gasteiger partial charge in [0.15, 0.2) is 0 Å². The molecule has 0 bridgehead atoms. The number of carbonyl (C=O) groups excluding carboxylic acids is 1. The van der Waals surface area contributed by atoms with Gasteiger partial charge in [-0.1, -0.05) is 6.07 Å². The second-order valence-electron chi connectivity index (χ2n) is 3.76. The third kappa shape index (κ3) is 3.60. The molecule has 19 heavy (non-hydrogen) atoms. The van der Waals surface area contributed by atoms with Crippen LogP contribution >= 0.6 is 0 Å². The summed E-state index contributed by atoms with van der Waals surface area (Å²) < 4.78 is 1.44. The Kier molecular flexibility index (Phi) is 3.81. The summed E-state index contributed by atoms with van der Waals surface area (Å²) in [6.45, 7) is 0.359. The fourth-order valence-corrected chi connectivity index (χ4v) is 1.45. The molecule has 0 unspecified atom stereocenters. The molecule has 1 heterocycles. The maximum atomic E-state index is 11.6. The Morgan fingerprint density at radius 1 is 1.37 bits per heavy atom. The highest BCUT2D eigenvalue weighted by molar-refractivity contribution is 5.93. The van der Waals surface area contributed by atoms with E-state index in [1.165, 1.54) is 23.1 Å². The number of rotatable bonds is 5. The van der Waals surface area contributed by atoms with Gasteiger partial charge in [0.1, 0.15) is 6.33 Å². The zero-order chi connectivity index (χ0) is 13.7. The summed E-state index contributed by atoms with van der Waals surface area (Å²) in [5.74, 6) is -1.28. The van der Waals surface area contributed by atoms with Crippen LogP contribution in [0.2, 0.25) is 0 Å². The van der Waals surface area contributed by atoms with Crippen molar-refractivity contribution in [3.05, 3.63) is 36.2 Å². The monoisotopic (exact) mass is 261 g/mol. The van der Waals surface area contributed by atoms with Crippen LogP contribution in [0.1, 0.15) is 16.8 Å². The molecule has 0 atom stereocenters. The number of carbonyl (C=O) groups is 2. The minimum absolute atomic E-state index is 0.123. The van der Waals surface area contributed by atoms with Crippen molar-refractivity contribution in [1.82, 2.24) is 20.2 Å². The Morgan fingerprint density at radius 3 is 2.89 bits per heavy atom. The molecule has 0 spiro atoms. The molecule has 1 aromatic carbocycles. The highest BCUT2D eigenvalue weighted by Gasteiger charge is 2.06. The molecular weight excluding hydrogens is 250 g/mol. The van der Waals surface area contributed by atoms with Crippen LogP contribution in [0, 0.1) is 0 Å². The summed E-state index contributed by atoms with van der Waals surface area (Å²) in [6.07, 6.45) is 1.61. The Bertz CT molecular complexity index is 582. The Morgan fingerprint density at radius 2 is 2.21 bits per heavy atom. The van der Waals surface area contributed by atoms with Gasteiger partial charge in [0.25, 0.3) is 0 Å². The molecule has 0 aliphatic heterocycles. The number of tetrazole rings is 1. The molecule has 0 radical (unpaired) electrons. The van der Waals surface area contributed by atoms with E-state index in [0.717, 1.165) is 0 Å². The van der Waals surface area contributed by atoms with Crippen LogP contribution in [0.15, 0.2) is 30.6 Å². The van der Waals surface area contributed by atoms with E-state index in [1.807, 2.05) is 0 Å². The van der Waals surface area contributed by atoms with Crippen molar-refractivity contribution in [2.24, 2.45) is 0 Å². The van der Waals surface area contributed by atoms with Crippen molar-refractivity contribution in [2.75, 3.05) is 5.32 Å². The molecule has 1 aromatic heterocycles. The fourth-order valence-electron chi connectivity index (χ4n) is 1.45. The maximum Gasteiger partial charge on any atom is 0.335 e. The van der Waals surface area contributed by atoms with Gasteiger partial charge in [-0.05, 0) is 28.6 Å². The third-order valence-corrected chi connectivity index (χ3v) is 2.35. The largest absolute Gasteiger partial charge is 0.478 e. The summed E-state index contributed by atoms with van der Waals surface area (Å²) in [4.78, 5) is 22.4. The number of carboxylic acid groups (broad SMARTS) is 1. The normalized spacial score (nSPS) is 10.1. The molecule has 0 aliphatic rings. The predicted molar refractivity (Wildman–Crippen MR) is 64.5 cm³/mol. The molecule has 8 heteroatoms. The van der Waals surface area contributed by atoms with Crippen LogP contribution in [0.5, 0.6) is 0 Å². The number of aromatic nitrogens is 4. The van der Waals surface area contributed by atoms with Crippen LogP contribution in [0.4, 0.5) is 5.69 Å². The Balaban J connectivity index is 1.91. The molecule has 0 saturated carbocycles. The van der Waals surface area contributed by atoms with Gasteiger partial charge >= 0.3 is 5.97 Å². The van der Waals surface area contributed by atoms with E-state index in [4.69, 9.17) is 5.11 Å². The summed E-state index contributed by atoms with van der Waals surface area (Å²) in [5, 5.41) is 22.0. The zero-order valence-corrected chi connectivity index (χ0v) is 9.85. The van der Waals surface area contributed by atoms with Gasteiger partial charge in [0, 0.05) is 12.1 Å². The van der Waals surface area contributed by atoms with Gasteiger partial charge in [0.05, 0.1) is 12.1 Å². The van der Waals surface area contributed by atoms with Gasteiger partial charge in [-0.25, -0.2) is 9.48 Å². The van der Waals surface area contributed by atoms with Crippen molar-refractivity contribution >= 4 is 17.6 Å². The standard InChI is InChI=1S/C11H11N5O3/c17-10(4-5-16-7-12-14-15-16)13-9-3-1-2-8(6-9)11(18)19/h1-3,6-7H,4-5H2,(H,13,17)(H,18,19). The quantitative estimate of drug-likeness (QED) is 0.806. The second kappa shape index (κ2) is 5.71. The lowest BCUT2D eigenvalue weighted by Gasteiger charge is -2.05. The van der Waals surface area contributed by atoms with Crippen molar-refractivity contribution < 1.29 is 14.7 Å². The van der Waals surface area contributed by atoms with Crippen LogP contribution in [0.3, 0.4) is 0 Å². The number of carboxylic acids is 1. The molecule has 0 aliphatic carbocycles. The first-order valence-corrected chi connectivity index (χ1v) is 5.49. The Labute approximate surface area is 108 Å². The number of nitrogens with one attached hydrogen (secondary N) is 1. The van der Waals surface area contributed by atoms with Crippen molar-refractivity contribution in [2.45, 2.75) is 13.0 Å². The van der Waals surface area contributed by atoms with Gasteiger partial charge in [0.2, 0.25) is 5.91 Å². The predicted octanol–water partition coefficient (Wildman–Crippen LogP) is 0.400. The van der Waals surface area contributed by atoms with Crippen LogP contribution < -0.4 is 5.32 Å². The molecule has 0 saturated heterocycles. The smallest absolute Gasteiger partial charge is 0.335 e. The lowest BCUT2D eigenvalue weighted by Crippen LogP contribution is -2.15. The third-order valence-electron chi connectivity index (χ3n) is 2.35. The van der Waals surface area contributed by atoms with Gasteiger partial charge in [-0.3, -0.25) is 4.79 Å². The van der Waals surface area contributed by atoms with E-state index in [2.05, 4.69) is 20.8 Å². The van der Waals surface area contributed by atoms with Crippen LogP contribution in [0.25, 0.3) is 0 Å². The molecule has 98 valence electrons. The maximum absolute atomic E-state index is 11.6. The first-order chi connectivity index (χ1) is 9.15. The molecule has 2 N–H and O–H groups in total. The molecule has 2 aromatic rings. The number of amides is 1. The molecular formula is C11H11N5O3. The van der Waals surface area contributed by atoms with Crippen LogP contribution in [-0.2, 0) is 11.3 Å². The number of benzene rings is 1. The van der Waals surface area contributed by atoms with Gasteiger partial charge in [-0.15, -0.1) is 5.10 Å². The van der Waals surface area contributed by atoms with Crippen molar-refractivity contribution in [3.8, 4) is 0 Å². The lowest BCUT2D eigenvalue weighted by molar-refractivity contribution is -0.116. The highest BCUT2D eigenvalue weighted by atomic mass is 16.4. The van der Waals surface area contributed by atoms with E-state index in [-0.39, 0.29) is 17.9 Å². The summed E-state index contributed by atoms with van der Waals surface area (Å²) in [6, 6.07) is 6.05. The minimum atomic E-state index is -1.04. The number of aryl methyl sites for hydroxylation is 1. The van der Waals surface area contributed by atoms with Crippen molar-refractivity contribution in [3.63, 3.8) is 0 Å². The number of hydrogen-bond acceptors (Lipinski definition) is 5. The van der Waals surface area contributed by atoms with E-state index >= 15 is 0 Å². The zero-order valence-electron chi connectivity index (χ0n) is 9.85. The number of hydrogen-bond donors (Lipinski definition) is 2. The average Bonchev–Trinajstić information content (AvgIpc) is 2.90. The number of aromatic carboxylic acids is 1. The average molecular weight is 261 g/mol. The highest BCUT2D eigenvalue weighted by Crippen LogP contribution is 2.11. The molecule has 1 amide bonds. The summed E-state index contributed by atoms with van der Waals surface area (Å²) >= 11 is 0. The first-order valence-electron chi connectivity index (χ1n) is 5.49. The topological polar surface area (TPSA) is 110 Å². The molecule has 2 rings (SSSR count). The summed E-state index contributed by atoms with van der Waals surface area (Å²) in [5.41, 5.74) is 0.569. The van der Waals surface area contributed by atoms with E-state index in [0.29, 0.717) is 12.2 Å². The first kappa shape index (κ1) is 12.7. The van der Waals surface area contributed by atoms with Crippen LogP contribution in [-0.4, -0.2) is 37.2 Å². The minimum Gasteiger partial charge on any atom is -0.478 e. The number of anilines is 1. The molecule has 0 fully saturated rings. The fraction of sp³-hybridized carbons (Fsp3) is 0.182. The number of nitrogens with zero attached hydrogens (tertiary/aromatic N) is 4. The van der Waals surface area contributed by atoms with Gasteiger partial charge < -0.3 is 10.4 Å². The van der Waals surface area contributed by atoms with Crippen molar-refractivity contribution in [1.29, 1.82) is 0 Å².